The SMILES string of the molecule is C=C(O)c1ccc(C(=O)O)c(C(=O)O)c1. The van der Waals surface area contributed by atoms with Crippen LogP contribution in [-0.4, -0.2) is 27.3 Å². The molecule has 0 amide bonds. The molecule has 78 valence electrons. The van der Waals surface area contributed by atoms with Gasteiger partial charge in [0.2, 0.25) is 0 Å². The maximum Gasteiger partial charge on any atom is 0.336 e. The van der Waals surface area contributed by atoms with Crippen molar-refractivity contribution >= 4 is 17.7 Å². The van der Waals surface area contributed by atoms with Gasteiger partial charge in [0, 0.05) is 5.56 Å². The van der Waals surface area contributed by atoms with E-state index in [0.717, 1.165) is 12.1 Å². The van der Waals surface area contributed by atoms with Gasteiger partial charge in [-0.25, -0.2) is 9.59 Å². The second kappa shape index (κ2) is 3.83. The third-order valence-electron chi connectivity index (χ3n) is 1.81. The number of carboxylic acids is 2. The Morgan fingerprint density at radius 2 is 1.53 bits per heavy atom. The van der Waals surface area contributed by atoms with Crippen LogP contribution in [-0.2, 0) is 0 Å². The van der Waals surface area contributed by atoms with E-state index in [9.17, 15) is 9.59 Å². The standard InChI is InChI=1S/C10H8O5/c1-5(11)6-2-3-7(9(12)13)8(4-6)10(14)15/h2-4,11H,1H2,(H,12,13)(H,14,15). The summed E-state index contributed by atoms with van der Waals surface area (Å²) in [7, 11) is 0. The Hall–Kier alpha value is -2.30. The number of hydrogen-bond acceptors (Lipinski definition) is 3. The summed E-state index contributed by atoms with van der Waals surface area (Å²) in [6.07, 6.45) is 0. The summed E-state index contributed by atoms with van der Waals surface area (Å²) in [5.74, 6) is -3.01. The Labute approximate surface area is 84.9 Å². The number of rotatable bonds is 3. The van der Waals surface area contributed by atoms with Gasteiger partial charge >= 0.3 is 11.9 Å². The van der Waals surface area contributed by atoms with Crippen molar-refractivity contribution in [3.05, 3.63) is 41.5 Å². The Kier molecular flexibility index (Phi) is 2.75. The van der Waals surface area contributed by atoms with Crippen molar-refractivity contribution in [2.24, 2.45) is 0 Å². The van der Waals surface area contributed by atoms with Crippen molar-refractivity contribution in [2.75, 3.05) is 0 Å². The number of hydrogen-bond donors (Lipinski definition) is 3. The fourth-order valence-corrected chi connectivity index (χ4v) is 1.09. The molecular formula is C10H8O5. The van der Waals surface area contributed by atoms with Crippen LogP contribution < -0.4 is 0 Å². The van der Waals surface area contributed by atoms with Gasteiger partial charge in [0.15, 0.2) is 0 Å². The zero-order valence-electron chi connectivity index (χ0n) is 7.60. The van der Waals surface area contributed by atoms with Crippen LogP contribution in [0.3, 0.4) is 0 Å². The lowest BCUT2D eigenvalue weighted by atomic mass is 10.0. The van der Waals surface area contributed by atoms with E-state index in [1.165, 1.54) is 6.07 Å². The molecule has 3 N–H and O–H groups in total. The molecule has 1 rings (SSSR count). The van der Waals surface area contributed by atoms with Gasteiger partial charge < -0.3 is 15.3 Å². The minimum absolute atomic E-state index is 0.178. The number of aromatic carboxylic acids is 2. The number of carboxylic acid groups (broad SMARTS) is 2. The van der Waals surface area contributed by atoms with Gasteiger partial charge in [-0.3, -0.25) is 0 Å². The van der Waals surface area contributed by atoms with E-state index < -0.39 is 11.9 Å². The lowest BCUT2D eigenvalue weighted by Crippen LogP contribution is -2.08. The smallest absolute Gasteiger partial charge is 0.336 e. The lowest BCUT2D eigenvalue weighted by molar-refractivity contribution is 0.0651. The molecule has 0 unspecified atom stereocenters. The number of carbonyl (C=O) groups is 2. The summed E-state index contributed by atoms with van der Waals surface area (Å²) in [6, 6.07) is 3.47. The quantitative estimate of drug-likeness (QED) is 0.656. The zero-order chi connectivity index (χ0) is 11.6. The van der Waals surface area contributed by atoms with E-state index in [1.807, 2.05) is 0 Å². The minimum Gasteiger partial charge on any atom is -0.508 e. The van der Waals surface area contributed by atoms with Crippen LogP contribution in [0.5, 0.6) is 0 Å². The highest BCUT2D eigenvalue weighted by Gasteiger charge is 2.16. The first kappa shape index (κ1) is 10.8. The van der Waals surface area contributed by atoms with Gasteiger partial charge in [-0.1, -0.05) is 12.6 Å². The first-order valence-corrected chi connectivity index (χ1v) is 3.92. The van der Waals surface area contributed by atoms with Crippen molar-refractivity contribution in [3.63, 3.8) is 0 Å². The van der Waals surface area contributed by atoms with Crippen LogP contribution in [0.15, 0.2) is 24.8 Å². The summed E-state index contributed by atoms with van der Waals surface area (Å²) < 4.78 is 0. The van der Waals surface area contributed by atoms with Crippen LogP contribution in [0.4, 0.5) is 0 Å². The van der Waals surface area contributed by atoms with Gasteiger partial charge in [-0.05, 0) is 12.1 Å². The van der Waals surface area contributed by atoms with Crippen LogP contribution in [0, 0.1) is 0 Å². The van der Waals surface area contributed by atoms with E-state index in [-0.39, 0.29) is 22.4 Å². The molecule has 0 saturated carbocycles. The topological polar surface area (TPSA) is 94.8 Å². The molecule has 0 aliphatic rings. The normalized spacial score (nSPS) is 9.60. The van der Waals surface area contributed by atoms with E-state index in [4.69, 9.17) is 15.3 Å². The Morgan fingerprint density at radius 3 is 1.93 bits per heavy atom. The first-order chi connectivity index (χ1) is 6.93. The van der Waals surface area contributed by atoms with E-state index in [1.54, 1.807) is 0 Å². The molecule has 15 heavy (non-hydrogen) atoms. The molecule has 0 aliphatic carbocycles. The molecule has 0 aliphatic heterocycles. The summed E-state index contributed by atoms with van der Waals surface area (Å²) >= 11 is 0. The molecular weight excluding hydrogens is 200 g/mol. The predicted molar refractivity (Wildman–Crippen MR) is 52.0 cm³/mol. The van der Waals surface area contributed by atoms with Crippen LogP contribution in [0.1, 0.15) is 26.3 Å². The molecule has 0 saturated heterocycles. The number of aliphatic hydroxyl groups excluding tert-OH is 1. The Bertz CT molecular complexity index is 447. The number of aliphatic hydroxyl groups is 1. The zero-order valence-corrected chi connectivity index (χ0v) is 7.60. The molecule has 0 spiro atoms. The maximum absolute atomic E-state index is 10.7. The van der Waals surface area contributed by atoms with Crippen molar-refractivity contribution in [2.45, 2.75) is 0 Å². The summed E-state index contributed by atoms with van der Waals surface area (Å²) in [5.41, 5.74) is -0.528. The van der Waals surface area contributed by atoms with Gasteiger partial charge in [-0.2, -0.15) is 0 Å². The average Bonchev–Trinajstić information content (AvgIpc) is 2.16. The molecule has 0 bridgehead atoms. The van der Waals surface area contributed by atoms with Gasteiger partial charge in [0.25, 0.3) is 0 Å². The molecule has 0 radical (unpaired) electrons. The van der Waals surface area contributed by atoms with Gasteiger partial charge in [0.1, 0.15) is 5.76 Å². The predicted octanol–water partition coefficient (Wildman–Crippen LogP) is 1.61. The van der Waals surface area contributed by atoms with Crippen molar-refractivity contribution in [3.8, 4) is 0 Å². The van der Waals surface area contributed by atoms with E-state index in [2.05, 4.69) is 6.58 Å². The highest BCUT2D eigenvalue weighted by molar-refractivity contribution is 6.02. The molecule has 1 aromatic rings. The molecule has 0 atom stereocenters. The third kappa shape index (κ3) is 2.14. The van der Waals surface area contributed by atoms with Crippen molar-refractivity contribution in [1.29, 1.82) is 0 Å². The highest BCUT2D eigenvalue weighted by atomic mass is 16.4. The summed E-state index contributed by atoms with van der Waals surface area (Å²) in [5, 5.41) is 26.5. The Morgan fingerprint density at radius 1 is 1.00 bits per heavy atom. The van der Waals surface area contributed by atoms with Gasteiger partial charge in [-0.15, -0.1) is 0 Å². The molecule has 5 heteroatoms. The monoisotopic (exact) mass is 208 g/mol. The summed E-state index contributed by atoms with van der Waals surface area (Å²) in [4.78, 5) is 21.4. The molecule has 5 nitrogen and oxygen atoms in total. The van der Waals surface area contributed by atoms with E-state index in [0.29, 0.717) is 0 Å². The second-order valence-corrected chi connectivity index (χ2v) is 2.82. The molecule has 0 fully saturated rings. The molecule has 0 aromatic heterocycles. The highest BCUT2D eigenvalue weighted by Crippen LogP contribution is 2.16. The maximum atomic E-state index is 10.7. The lowest BCUT2D eigenvalue weighted by Gasteiger charge is -2.04. The third-order valence-corrected chi connectivity index (χ3v) is 1.81. The fourth-order valence-electron chi connectivity index (χ4n) is 1.09. The van der Waals surface area contributed by atoms with Crippen molar-refractivity contribution < 1.29 is 24.9 Å². The average molecular weight is 208 g/mol. The first-order valence-electron chi connectivity index (χ1n) is 3.92. The molecule has 1 aromatic carbocycles. The summed E-state index contributed by atoms with van der Waals surface area (Å²) in [6.45, 7) is 3.22. The minimum atomic E-state index is -1.37. The van der Waals surface area contributed by atoms with Crippen LogP contribution in [0.25, 0.3) is 5.76 Å². The second-order valence-electron chi connectivity index (χ2n) is 2.82. The van der Waals surface area contributed by atoms with Crippen LogP contribution >= 0.6 is 0 Å². The van der Waals surface area contributed by atoms with Crippen molar-refractivity contribution in [1.82, 2.24) is 0 Å². The largest absolute Gasteiger partial charge is 0.508 e. The van der Waals surface area contributed by atoms with Gasteiger partial charge in [0.05, 0.1) is 11.1 Å². The fraction of sp³-hybridized carbons (Fsp3) is 0. The van der Waals surface area contributed by atoms with E-state index >= 15 is 0 Å². The Balaban J connectivity index is 3.40. The number of benzene rings is 1. The molecule has 0 heterocycles. The van der Waals surface area contributed by atoms with Crippen LogP contribution in [0.2, 0.25) is 0 Å².